The van der Waals surface area contributed by atoms with Gasteiger partial charge in [-0.15, -0.1) is 0 Å². The minimum atomic E-state index is -4.32. The van der Waals surface area contributed by atoms with Gasteiger partial charge in [0.15, 0.2) is 0 Å². The fourth-order valence-corrected chi connectivity index (χ4v) is 2.21. The molecule has 1 aromatic heterocycles. The molecule has 1 heterocycles. The van der Waals surface area contributed by atoms with Crippen LogP contribution in [-0.4, -0.2) is 12.2 Å². The maximum atomic E-state index is 13.2. The highest BCUT2D eigenvalue weighted by molar-refractivity contribution is 5.20. The summed E-state index contributed by atoms with van der Waals surface area (Å²) < 4.78 is 44.8. The molecule has 0 fully saturated rings. The summed E-state index contributed by atoms with van der Waals surface area (Å²) in [7, 11) is 0. The minimum Gasteiger partial charge on any atom is -0.469 e. The highest BCUT2D eigenvalue weighted by Crippen LogP contribution is 2.33. The van der Waals surface area contributed by atoms with Crippen LogP contribution in [0.2, 0.25) is 0 Å². The van der Waals surface area contributed by atoms with Crippen molar-refractivity contribution in [3.8, 4) is 0 Å². The predicted octanol–water partition coefficient (Wildman–Crippen LogP) is 4.49. The van der Waals surface area contributed by atoms with Crippen LogP contribution in [0.4, 0.5) is 13.2 Å². The fraction of sp³-hybridized carbons (Fsp3) is 0.375. The third kappa shape index (κ3) is 4.63. The summed E-state index contributed by atoms with van der Waals surface area (Å²) in [4.78, 5) is 0. The summed E-state index contributed by atoms with van der Waals surface area (Å²) in [5, 5.41) is 2.67. The van der Waals surface area contributed by atoms with Crippen molar-refractivity contribution < 1.29 is 17.6 Å². The third-order valence-corrected chi connectivity index (χ3v) is 3.32. The molecule has 1 aromatic carbocycles. The summed E-state index contributed by atoms with van der Waals surface area (Å²) in [6.07, 6.45) is -1.57. The fourth-order valence-electron chi connectivity index (χ4n) is 2.21. The van der Waals surface area contributed by atoms with Crippen molar-refractivity contribution in [3.05, 3.63) is 60.1 Å². The Morgan fingerprint density at radius 1 is 1.10 bits per heavy atom. The topological polar surface area (TPSA) is 25.2 Å². The lowest BCUT2D eigenvalue weighted by Crippen LogP contribution is -2.39. The highest BCUT2D eigenvalue weighted by Gasteiger charge is 2.41. The van der Waals surface area contributed by atoms with Crippen molar-refractivity contribution in [1.29, 1.82) is 0 Å². The van der Waals surface area contributed by atoms with Gasteiger partial charge in [-0.1, -0.05) is 30.3 Å². The molecule has 2 aromatic rings. The van der Waals surface area contributed by atoms with Crippen LogP contribution in [0.15, 0.2) is 53.1 Å². The van der Waals surface area contributed by atoms with Crippen LogP contribution >= 0.6 is 0 Å². The highest BCUT2D eigenvalue weighted by atomic mass is 19.4. The van der Waals surface area contributed by atoms with E-state index in [1.54, 1.807) is 37.5 Å². The van der Waals surface area contributed by atoms with Crippen LogP contribution in [0, 0.1) is 0 Å². The molecule has 114 valence electrons. The number of hydrogen-bond acceptors (Lipinski definition) is 2. The number of aryl methyl sites for hydroxylation is 1. The Labute approximate surface area is 122 Å². The Hall–Kier alpha value is -1.75. The van der Waals surface area contributed by atoms with Crippen LogP contribution < -0.4 is 5.32 Å². The van der Waals surface area contributed by atoms with E-state index in [9.17, 15) is 13.2 Å². The van der Waals surface area contributed by atoms with Gasteiger partial charge < -0.3 is 4.42 Å². The number of benzene rings is 1. The maximum Gasteiger partial charge on any atom is 0.407 e. The molecule has 0 radical (unpaired) electrons. The van der Waals surface area contributed by atoms with E-state index >= 15 is 0 Å². The van der Waals surface area contributed by atoms with Crippen molar-refractivity contribution in [2.24, 2.45) is 0 Å². The lowest BCUT2D eigenvalue weighted by molar-refractivity contribution is -0.159. The van der Waals surface area contributed by atoms with Crippen molar-refractivity contribution in [2.45, 2.75) is 38.0 Å². The van der Waals surface area contributed by atoms with Gasteiger partial charge in [0.25, 0.3) is 0 Å². The maximum absolute atomic E-state index is 13.2. The number of nitrogens with one attached hydrogen (secondary N) is 1. The van der Waals surface area contributed by atoms with Crippen LogP contribution in [0.3, 0.4) is 0 Å². The van der Waals surface area contributed by atoms with Crippen molar-refractivity contribution in [1.82, 2.24) is 5.32 Å². The Kier molecular flexibility index (Phi) is 5.07. The molecular weight excluding hydrogens is 279 g/mol. The third-order valence-electron chi connectivity index (χ3n) is 3.32. The predicted molar refractivity (Wildman–Crippen MR) is 74.9 cm³/mol. The lowest BCUT2D eigenvalue weighted by atomic mass is 10.0. The zero-order valence-electron chi connectivity index (χ0n) is 11.7. The molecule has 0 aliphatic carbocycles. The molecular formula is C16H18F3NO. The smallest absolute Gasteiger partial charge is 0.407 e. The summed E-state index contributed by atoms with van der Waals surface area (Å²) in [6.45, 7) is 1.75. The molecule has 0 amide bonds. The zero-order valence-corrected chi connectivity index (χ0v) is 11.7. The molecule has 2 unspecified atom stereocenters. The van der Waals surface area contributed by atoms with E-state index in [2.05, 4.69) is 5.32 Å². The SMILES string of the molecule is CC(CCc1ccco1)NC(c1ccccc1)C(F)(F)F. The van der Waals surface area contributed by atoms with Gasteiger partial charge in [0.05, 0.1) is 6.26 Å². The summed E-state index contributed by atoms with van der Waals surface area (Å²) in [6, 6.07) is 9.59. The van der Waals surface area contributed by atoms with Gasteiger partial charge >= 0.3 is 6.18 Å². The van der Waals surface area contributed by atoms with Crippen LogP contribution in [0.1, 0.15) is 30.7 Å². The second-order valence-corrected chi connectivity index (χ2v) is 5.07. The molecule has 0 saturated carbocycles. The monoisotopic (exact) mass is 297 g/mol. The summed E-state index contributed by atoms with van der Waals surface area (Å²) in [5.74, 6) is 0.784. The van der Waals surface area contributed by atoms with Gasteiger partial charge in [-0.25, -0.2) is 0 Å². The quantitative estimate of drug-likeness (QED) is 0.849. The zero-order chi connectivity index (χ0) is 15.3. The Bertz CT molecular complexity index is 522. The van der Waals surface area contributed by atoms with E-state index in [0.717, 1.165) is 5.76 Å². The second kappa shape index (κ2) is 6.80. The standard InChI is InChI=1S/C16H18F3NO/c1-12(9-10-14-8-5-11-21-14)20-15(16(17,18)19)13-6-3-2-4-7-13/h2-8,11-12,15,20H,9-10H2,1H3. The van der Waals surface area contributed by atoms with Gasteiger partial charge in [-0.2, -0.15) is 13.2 Å². The molecule has 0 aliphatic rings. The van der Waals surface area contributed by atoms with E-state index in [4.69, 9.17) is 4.42 Å². The first-order valence-corrected chi connectivity index (χ1v) is 6.87. The average molecular weight is 297 g/mol. The van der Waals surface area contributed by atoms with E-state index in [1.807, 2.05) is 6.07 Å². The minimum absolute atomic E-state index is 0.231. The number of furan rings is 1. The van der Waals surface area contributed by atoms with Crippen LogP contribution in [0.25, 0.3) is 0 Å². The Morgan fingerprint density at radius 2 is 1.81 bits per heavy atom. The first-order valence-electron chi connectivity index (χ1n) is 6.87. The van der Waals surface area contributed by atoms with E-state index in [1.165, 1.54) is 12.1 Å². The molecule has 2 atom stereocenters. The normalized spacial score (nSPS) is 14.9. The van der Waals surface area contributed by atoms with Crippen molar-refractivity contribution in [2.75, 3.05) is 0 Å². The van der Waals surface area contributed by atoms with E-state index in [-0.39, 0.29) is 11.6 Å². The molecule has 0 bridgehead atoms. The molecule has 1 N–H and O–H groups in total. The van der Waals surface area contributed by atoms with Crippen molar-refractivity contribution in [3.63, 3.8) is 0 Å². The molecule has 0 spiro atoms. The van der Waals surface area contributed by atoms with Crippen LogP contribution in [-0.2, 0) is 6.42 Å². The first-order chi connectivity index (χ1) is 9.97. The van der Waals surface area contributed by atoms with Crippen LogP contribution in [0.5, 0.6) is 0 Å². The summed E-state index contributed by atoms with van der Waals surface area (Å²) in [5.41, 5.74) is 0.231. The van der Waals surface area contributed by atoms with Gasteiger partial charge in [-0.3, -0.25) is 5.32 Å². The number of alkyl halides is 3. The molecule has 0 aliphatic heterocycles. The molecule has 5 heteroatoms. The molecule has 0 saturated heterocycles. The molecule has 21 heavy (non-hydrogen) atoms. The Morgan fingerprint density at radius 3 is 2.38 bits per heavy atom. The van der Waals surface area contributed by atoms with Gasteiger partial charge in [0, 0.05) is 12.5 Å². The average Bonchev–Trinajstić information content (AvgIpc) is 2.95. The lowest BCUT2D eigenvalue weighted by Gasteiger charge is -2.25. The number of hydrogen-bond donors (Lipinski definition) is 1. The largest absolute Gasteiger partial charge is 0.469 e. The molecule has 2 rings (SSSR count). The second-order valence-electron chi connectivity index (χ2n) is 5.07. The summed E-state index contributed by atoms with van der Waals surface area (Å²) >= 11 is 0. The van der Waals surface area contributed by atoms with Gasteiger partial charge in [0.2, 0.25) is 0 Å². The first kappa shape index (κ1) is 15.6. The molecule has 2 nitrogen and oxygen atoms in total. The van der Waals surface area contributed by atoms with E-state index in [0.29, 0.717) is 12.8 Å². The Balaban J connectivity index is 1.98. The van der Waals surface area contributed by atoms with Gasteiger partial charge in [0.1, 0.15) is 11.8 Å². The van der Waals surface area contributed by atoms with E-state index < -0.39 is 12.2 Å². The number of halogens is 3. The number of rotatable bonds is 6. The van der Waals surface area contributed by atoms with Gasteiger partial charge in [-0.05, 0) is 31.0 Å². The van der Waals surface area contributed by atoms with Crippen molar-refractivity contribution >= 4 is 0 Å².